The predicted octanol–water partition coefficient (Wildman–Crippen LogP) is 4.17. The molecule has 0 radical (unpaired) electrons. The summed E-state index contributed by atoms with van der Waals surface area (Å²) in [6.45, 7) is 3.05. The lowest BCUT2D eigenvalue weighted by atomic mass is 9.99. The number of aromatic nitrogens is 1. The van der Waals surface area contributed by atoms with Crippen LogP contribution in [0.15, 0.2) is 48.5 Å². The number of hydrogen-bond donors (Lipinski definition) is 0. The Labute approximate surface area is 168 Å². The predicted molar refractivity (Wildman–Crippen MR) is 110 cm³/mol. The van der Waals surface area contributed by atoms with Crippen LogP contribution >= 0.6 is 11.3 Å². The van der Waals surface area contributed by atoms with Gasteiger partial charge in [0.25, 0.3) is 5.91 Å². The minimum atomic E-state index is -0.465. The van der Waals surface area contributed by atoms with Crippen LogP contribution in [0.1, 0.15) is 39.7 Å². The van der Waals surface area contributed by atoms with E-state index in [-0.39, 0.29) is 18.4 Å². The van der Waals surface area contributed by atoms with Gasteiger partial charge in [-0.25, -0.2) is 9.78 Å². The van der Waals surface area contributed by atoms with Crippen molar-refractivity contribution in [2.45, 2.75) is 25.7 Å². The van der Waals surface area contributed by atoms with Crippen molar-refractivity contribution in [1.82, 2.24) is 9.88 Å². The summed E-state index contributed by atoms with van der Waals surface area (Å²) in [5.41, 5.74) is 2.55. The smallest absolute Gasteiger partial charge is 0.338 e. The van der Waals surface area contributed by atoms with E-state index in [9.17, 15) is 9.59 Å². The number of rotatable bonds is 4. The lowest BCUT2D eigenvalue weighted by molar-refractivity contribution is -0.135. The Morgan fingerprint density at radius 1 is 1.18 bits per heavy atom. The molecule has 0 N–H and O–H groups in total. The fraction of sp³-hybridized carbons (Fsp3) is 0.318. The molecule has 5 nitrogen and oxygen atoms in total. The quantitative estimate of drug-likeness (QED) is 0.623. The molecule has 1 atom stereocenters. The Morgan fingerprint density at radius 3 is 2.75 bits per heavy atom. The van der Waals surface area contributed by atoms with Crippen LogP contribution in [-0.4, -0.2) is 41.5 Å². The minimum Gasteiger partial charge on any atom is -0.452 e. The number of para-hydroxylation sites is 1. The number of hydrogen-bond acceptors (Lipinski definition) is 5. The molecule has 0 unspecified atom stereocenters. The molecule has 144 valence electrons. The van der Waals surface area contributed by atoms with Crippen LogP contribution in [0.5, 0.6) is 0 Å². The van der Waals surface area contributed by atoms with E-state index < -0.39 is 5.97 Å². The Balaban J connectivity index is 1.36. The summed E-state index contributed by atoms with van der Waals surface area (Å²) in [4.78, 5) is 31.2. The van der Waals surface area contributed by atoms with Gasteiger partial charge in [0.05, 0.1) is 20.8 Å². The summed E-state index contributed by atoms with van der Waals surface area (Å²) in [5, 5.41) is 1.08. The number of likely N-dealkylation sites (tertiary alicyclic amines) is 1. The van der Waals surface area contributed by atoms with Crippen molar-refractivity contribution < 1.29 is 14.3 Å². The number of fused-ring (bicyclic) bond motifs is 1. The molecule has 0 spiro atoms. The highest BCUT2D eigenvalue weighted by molar-refractivity contribution is 7.18. The van der Waals surface area contributed by atoms with Gasteiger partial charge in [0.2, 0.25) is 0 Å². The summed E-state index contributed by atoms with van der Waals surface area (Å²) in [6.07, 6.45) is 1.95. The van der Waals surface area contributed by atoms with Gasteiger partial charge in [0.15, 0.2) is 6.61 Å². The number of thiazole rings is 1. The molecule has 6 heteroatoms. The first-order chi connectivity index (χ1) is 13.6. The first-order valence-corrected chi connectivity index (χ1v) is 10.3. The Kier molecular flexibility index (Phi) is 5.39. The van der Waals surface area contributed by atoms with Crippen LogP contribution < -0.4 is 0 Å². The van der Waals surface area contributed by atoms with Crippen molar-refractivity contribution in [2.24, 2.45) is 0 Å². The van der Waals surface area contributed by atoms with Crippen molar-refractivity contribution in [2.75, 3.05) is 19.7 Å². The molecule has 3 aromatic rings. The second-order valence-electron chi connectivity index (χ2n) is 7.14. The summed E-state index contributed by atoms with van der Waals surface area (Å²) >= 11 is 1.70. The van der Waals surface area contributed by atoms with E-state index in [2.05, 4.69) is 6.07 Å². The van der Waals surface area contributed by atoms with Crippen molar-refractivity contribution in [3.63, 3.8) is 0 Å². The zero-order valence-corrected chi connectivity index (χ0v) is 16.6. The maximum Gasteiger partial charge on any atom is 0.338 e. The molecule has 0 bridgehead atoms. The third-order valence-electron chi connectivity index (χ3n) is 5.05. The average Bonchev–Trinajstić information content (AvgIpc) is 3.17. The van der Waals surface area contributed by atoms with Gasteiger partial charge in [-0.05, 0) is 44.0 Å². The molecule has 2 aromatic carbocycles. The maximum atomic E-state index is 12.6. The first-order valence-electron chi connectivity index (χ1n) is 9.47. The molecule has 1 aliphatic rings. The van der Waals surface area contributed by atoms with E-state index in [0.29, 0.717) is 18.7 Å². The fourth-order valence-corrected chi connectivity index (χ4v) is 4.55. The second-order valence-corrected chi connectivity index (χ2v) is 8.20. The van der Waals surface area contributed by atoms with E-state index in [4.69, 9.17) is 9.72 Å². The van der Waals surface area contributed by atoms with Crippen molar-refractivity contribution in [1.29, 1.82) is 0 Å². The largest absolute Gasteiger partial charge is 0.452 e. The molecule has 1 saturated heterocycles. The molecule has 4 rings (SSSR count). The van der Waals surface area contributed by atoms with Gasteiger partial charge in [0, 0.05) is 19.0 Å². The summed E-state index contributed by atoms with van der Waals surface area (Å²) in [5.74, 6) is -0.373. The molecule has 0 aliphatic carbocycles. The normalized spacial score (nSPS) is 16.9. The molecule has 1 aromatic heterocycles. The van der Waals surface area contributed by atoms with Gasteiger partial charge in [-0.3, -0.25) is 4.79 Å². The lowest BCUT2D eigenvalue weighted by Gasteiger charge is -2.31. The van der Waals surface area contributed by atoms with Crippen LogP contribution in [0, 0.1) is 6.92 Å². The van der Waals surface area contributed by atoms with Gasteiger partial charge in [-0.2, -0.15) is 0 Å². The molecule has 28 heavy (non-hydrogen) atoms. The highest BCUT2D eigenvalue weighted by Crippen LogP contribution is 2.32. The van der Waals surface area contributed by atoms with E-state index in [1.807, 2.05) is 37.3 Å². The van der Waals surface area contributed by atoms with Gasteiger partial charge in [-0.1, -0.05) is 29.8 Å². The average molecular weight is 394 g/mol. The molecule has 0 saturated carbocycles. The van der Waals surface area contributed by atoms with E-state index in [0.717, 1.165) is 28.9 Å². The van der Waals surface area contributed by atoms with Gasteiger partial charge in [0.1, 0.15) is 0 Å². The highest BCUT2D eigenvalue weighted by Gasteiger charge is 2.27. The Hall–Kier alpha value is -2.73. The van der Waals surface area contributed by atoms with Crippen LogP contribution in [-0.2, 0) is 9.53 Å². The molecule has 1 aliphatic heterocycles. The number of amides is 1. The van der Waals surface area contributed by atoms with Gasteiger partial charge in [-0.15, -0.1) is 11.3 Å². The fourth-order valence-electron chi connectivity index (χ4n) is 3.46. The number of piperidine rings is 1. The lowest BCUT2D eigenvalue weighted by Crippen LogP contribution is -2.41. The van der Waals surface area contributed by atoms with Crippen molar-refractivity contribution in [3.8, 4) is 0 Å². The number of nitrogens with zero attached hydrogens (tertiary/aromatic N) is 2. The third-order valence-corrected chi connectivity index (χ3v) is 6.25. The zero-order valence-electron chi connectivity index (χ0n) is 15.8. The number of esters is 1. The number of carbonyl (C=O) groups is 2. The monoisotopic (exact) mass is 394 g/mol. The van der Waals surface area contributed by atoms with E-state index in [1.54, 1.807) is 28.4 Å². The number of carbonyl (C=O) groups excluding carboxylic acids is 2. The van der Waals surface area contributed by atoms with Crippen LogP contribution in [0.2, 0.25) is 0 Å². The van der Waals surface area contributed by atoms with Crippen molar-refractivity contribution >= 4 is 33.4 Å². The Bertz CT molecular complexity index is 963. The van der Waals surface area contributed by atoms with Gasteiger partial charge >= 0.3 is 5.97 Å². The highest BCUT2D eigenvalue weighted by atomic mass is 32.1. The SMILES string of the molecule is Cc1ccc(C(=O)OCC(=O)N2CCC[C@H](c3nc4ccccc4s3)C2)cc1. The number of benzene rings is 2. The van der Waals surface area contributed by atoms with Crippen molar-refractivity contribution in [3.05, 3.63) is 64.7 Å². The molecule has 2 heterocycles. The third kappa shape index (κ3) is 4.07. The summed E-state index contributed by atoms with van der Waals surface area (Å²) in [6, 6.07) is 15.2. The molecular formula is C22H22N2O3S. The minimum absolute atomic E-state index is 0.147. The van der Waals surface area contributed by atoms with Gasteiger partial charge < -0.3 is 9.64 Å². The molecular weight excluding hydrogens is 372 g/mol. The van der Waals surface area contributed by atoms with Crippen LogP contribution in [0.3, 0.4) is 0 Å². The van der Waals surface area contributed by atoms with Crippen LogP contribution in [0.25, 0.3) is 10.2 Å². The standard InChI is InChI=1S/C22H22N2O3S/c1-15-8-10-16(11-9-15)22(26)27-14-20(25)24-12-4-5-17(13-24)21-23-18-6-2-3-7-19(18)28-21/h2-3,6-11,17H,4-5,12-14H2,1H3/t17-/m0/s1. The molecule has 1 fully saturated rings. The zero-order chi connectivity index (χ0) is 19.5. The topological polar surface area (TPSA) is 59.5 Å². The first kappa shape index (κ1) is 18.6. The van der Waals surface area contributed by atoms with E-state index in [1.165, 1.54) is 4.70 Å². The molecule has 1 amide bonds. The number of aryl methyl sites for hydroxylation is 1. The summed E-state index contributed by atoms with van der Waals surface area (Å²) in [7, 11) is 0. The Morgan fingerprint density at radius 2 is 1.96 bits per heavy atom. The maximum absolute atomic E-state index is 12.6. The van der Waals surface area contributed by atoms with Crippen LogP contribution in [0.4, 0.5) is 0 Å². The number of ether oxygens (including phenoxy) is 1. The summed E-state index contributed by atoms with van der Waals surface area (Å²) < 4.78 is 6.40. The second kappa shape index (κ2) is 8.10. The van der Waals surface area contributed by atoms with E-state index >= 15 is 0 Å².